The number of thiocarbonyl (C=S) groups is 1. The van der Waals surface area contributed by atoms with Crippen LogP contribution in [0.3, 0.4) is 0 Å². The van der Waals surface area contributed by atoms with Gasteiger partial charge < -0.3 is 9.47 Å². The minimum absolute atomic E-state index is 0.0118. The van der Waals surface area contributed by atoms with Crippen LogP contribution in [0.1, 0.15) is 42.3 Å². The molecular formula is C22H26BrN3O4S. The van der Waals surface area contributed by atoms with E-state index < -0.39 is 17.9 Å². The van der Waals surface area contributed by atoms with Crippen molar-refractivity contribution in [2.45, 2.75) is 46.8 Å². The summed E-state index contributed by atoms with van der Waals surface area (Å²) in [6.45, 7) is 9.42. The molecule has 2 amide bonds. The molecule has 7 nitrogen and oxygen atoms in total. The summed E-state index contributed by atoms with van der Waals surface area (Å²) in [5.74, 6) is 0.366. The summed E-state index contributed by atoms with van der Waals surface area (Å²) in [5.41, 5.74) is 7.53. The molecule has 1 unspecified atom stereocenters. The van der Waals surface area contributed by atoms with Gasteiger partial charge in [-0.1, -0.05) is 6.07 Å². The Kier molecular flexibility index (Phi) is 8.82. The van der Waals surface area contributed by atoms with Gasteiger partial charge in [-0.3, -0.25) is 25.8 Å². The van der Waals surface area contributed by atoms with E-state index in [9.17, 15) is 9.59 Å². The Hall–Kier alpha value is -2.65. The number of ether oxygens (including phenoxy) is 2. The predicted molar refractivity (Wildman–Crippen MR) is 127 cm³/mol. The molecule has 0 fully saturated rings. The molecule has 1 atom stereocenters. The third kappa shape index (κ3) is 7.52. The molecule has 0 saturated carbocycles. The molecule has 0 spiro atoms. The molecule has 0 saturated heterocycles. The van der Waals surface area contributed by atoms with E-state index in [4.69, 9.17) is 21.7 Å². The summed E-state index contributed by atoms with van der Waals surface area (Å²) in [6.07, 6.45) is -0.754. The van der Waals surface area contributed by atoms with Crippen LogP contribution in [0.15, 0.2) is 40.9 Å². The van der Waals surface area contributed by atoms with Gasteiger partial charge in [-0.15, -0.1) is 0 Å². The van der Waals surface area contributed by atoms with E-state index in [1.165, 1.54) is 0 Å². The molecule has 0 radical (unpaired) electrons. The molecule has 0 bridgehead atoms. The first kappa shape index (κ1) is 24.6. The quantitative estimate of drug-likeness (QED) is 0.405. The van der Waals surface area contributed by atoms with Crippen molar-refractivity contribution in [3.63, 3.8) is 0 Å². The number of amides is 2. The Labute approximate surface area is 196 Å². The van der Waals surface area contributed by atoms with Crippen molar-refractivity contribution in [1.29, 1.82) is 0 Å². The molecule has 3 N–H and O–H groups in total. The van der Waals surface area contributed by atoms with Gasteiger partial charge in [0, 0.05) is 5.56 Å². The molecule has 0 aliphatic heterocycles. The third-order valence-corrected chi connectivity index (χ3v) is 5.07. The van der Waals surface area contributed by atoms with E-state index in [0.717, 1.165) is 11.1 Å². The van der Waals surface area contributed by atoms with Crippen LogP contribution in [0, 0.1) is 13.8 Å². The first-order chi connectivity index (χ1) is 14.6. The third-order valence-electron chi connectivity index (χ3n) is 4.24. The van der Waals surface area contributed by atoms with Gasteiger partial charge in [-0.05, 0) is 104 Å². The molecule has 166 valence electrons. The normalized spacial score (nSPS) is 11.5. The number of carbonyl (C=O) groups is 2. The number of hydrazine groups is 1. The minimum Gasteiger partial charge on any atom is -0.490 e. The number of aryl methyl sites for hydroxylation is 2. The zero-order chi connectivity index (χ0) is 23.1. The number of halogens is 1. The van der Waals surface area contributed by atoms with Crippen LogP contribution < -0.4 is 25.6 Å². The van der Waals surface area contributed by atoms with Crippen LogP contribution in [0.5, 0.6) is 11.5 Å². The molecule has 0 aliphatic carbocycles. The average Bonchev–Trinajstić information content (AvgIpc) is 2.70. The van der Waals surface area contributed by atoms with Crippen molar-refractivity contribution in [3.05, 3.63) is 57.6 Å². The fourth-order valence-electron chi connectivity index (χ4n) is 2.46. The van der Waals surface area contributed by atoms with Gasteiger partial charge in [0.1, 0.15) is 11.5 Å². The largest absolute Gasteiger partial charge is 0.490 e. The van der Waals surface area contributed by atoms with Gasteiger partial charge in [0.05, 0.1) is 10.6 Å². The topological polar surface area (TPSA) is 88.7 Å². The number of rotatable bonds is 6. The lowest BCUT2D eigenvalue weighted by Crippen LogP contribution is -2.51. The van der Waals surface area contributed by atoms with Crippen LogP contribution in [0.2, 0.25) is 0 Å². The van der Waals surface area contributed by atoms with Crippen molar-refractivity contribution in [2.75, 3.05) is 0 Å². The number of carbonyl (C=O) groups excluding carboxylic acids is 2. The fraction of sp³-hybridized carbons (Fsp3) is 0.318. The average molecular weight is 508 g/mol. The first-order valence-electron chi connectivity index (χ1n) is 9.68. The molecule has 31 heavy (non-hydrogen) atoms. The lowest BCUT2D eigenvalue weighted by Gasteiger charge is -2.17. The van der Waals surface area contributed by atoms with Crippen molar-refractivity contribution < 1.29 is 19.1 Å². The monoisotopic (exact) mass is 507 g/mol. The maximum Gasteiger partial charge on any atom is 0.279 e. The van der Waals surface area contributed by atoms with E-state index >= 15 is 0 Å². The zero-order valence-corrected chi connectivity index (χ0v) is 20.4. The Morgan fingerprint density at radius 1 is 0.968 bits per heavy atom. The summed E-state index contributed by atoms with van der Waals surface area (Å²) in [5, 5.41) is 2.46. The second-order valence-electron chi connectivity index (χ2n) is 7.22. The van der Waals surface area contributed by atoms with Crippen LogP contribution in [0.25, 0.3) is 0 Å². The van der Waals surface area contributed by atoms with Crippen molar-refractivity contribution in [1.82, 2.24) is 16.2 Å². The summed E-state index contributed by atoms with van der Waals surface area (Å²) in [7, 11) is 0. The molecule has 2 aromatic rings. The SMILES string of the molecule is Cc1ccc(OC(C)C(=O)NNC(=S)NC(=O)c2ccc(OC(C)C)c(Br)c2)cc1C. The number of hydrogen-bond donors (Lipinski definition) is 3. The van der Waals surface area contributed by atoms with Gasteiger partial charge in [-0.25, -0.2) is 0 Å². The molecule has 0 heterocycles. The second kappa shape index (κ2) is 11.1. The summed E-state index contributed by atoms with van der Waals surface area (Å²) < 4.78 is 11.9. The van der Waals surface area contributed by atoms with Crippen molar-refractivity contribution in [2.24, 2.45) is 0 Å². The second-order valence-corrected chi connectivity index (χ2v) is 8.48. The highest BCUT2D eigenvalue weighted by molar-refractivity contribution is 9.10. The fourth-order valence-corrected chi connectivity index (χ4v) is 3.08. The Bertz CT molecular complexity index is 981. The van der Waals surface area contributed by atoms with Gasteiger partial charge in [0.25, 0.3) is 11.8 Å². The highest BCUT2D eigenvalue weighted by Crippen LogP contribution is 2.27. The van der Waals surface area contributed by atoms with E-state index in [2.05, 4.69) is 32.1 Å². The van der Waals surface area contributed by atoms with E-state index in [-0.39, 0.29) is 11.2 Å². The lowest BCUT2D eigenvalue weighted by molar-refractivity contribution is -0.127. The van der Waals surface area contributed by atoms with Crippen LogP contribution in [0.4, 0.5) is 0 Å². The number of benzene rings is 2. The smallest absolute Gasteiger partial charge is 0.279 e. The zero-order valence-electron chi connectivity index (χ0n) is 18.0. The Morgan fingerprint density at radius 3 is 2.29 bits per heavy atom. The van der Waals surface area contributed by atoms with E-state index in [1.54, 1.807) is 31.2 Å². The van der Waals surface area contributed by atoms with Gasteiger partial charge in [0.2, 0.25) is 0 Å². The summed E-state index contributed by atoms with van der Waals surface area (Å²) >= 11 is 8.46. The van der Waals surface area contributed by atoms with Crippen molar-refractivity contribution >= 4 is 45.1 Å². The van der Waals surface area contributed by atoms with Gasteiger partial charge in [0.15, 0.2) is 11.2 Å². The van der Waals surface area contributed by atoms with Crippen molar-refractivity contribution in [3.8, 4) is 11.5 Å². The highest BCUT2D eigenvalue weighted by Gasteiger charge is 2.16. The molecule has 2 aromatic carbocycles. The Balaban J connectivity index is 1.85. The standard InChI is InChI=1S/C22H26BrN3O4S/c1-12(2)29-19-9-7-16(11-18(19)23)21(28)24-22(31)26-25-20(27)15(5)30-17-8-6-13(3)14(4)10-17/h6-12,15H,1-5H3,(H,25,27)(H2,24,26,28,31). The van der Waals surface area contributed by atoms with Gasteiger partial charge >= 0.3 is 0 Å². The van der Waals surface area contributed by atoms with E-state index in [0.29, 0.717) is 21.5 Å². The lowest BCUT2D eigenvalue weighted by atomic mass is 10.1. The van der Waals surface area contributed by atoms with Gasteiger partial charge in [-0.2, -0.15) is 0 Å². The maximum atomic E-state index is 12.4. The molecule has 0 aliphatic rings. The first-order valence-corrected chi connectivity index (χ1v) is 10.9. The summed E-state index contributed by atoms with van der Waals surface area (Å²) in [6, 6.07) is 10.6. The van der Waals surface area contributed by atoms with E-state index in [1.807, 2.05) is 39.8 Å². The predicted octanol–water partition coefficient (Wildman–Crippen LogP) is 3.96. The maximum absolute atomic E-state index is 12.4. The molecule has 9 heteroatoms. The highest BCUT2D eigenvalue weighted by atomic mass is 79.9. The summed E-state index contributed by atoms with van der Waals surface area (Å²) in [4.78, 5) is 24.6. The molecular weight excluding hydrogens is 482 g/mol. The number of nitrogens with one attached hydrogen (secondary N) is 3. The molecule has 2 rings (SSSR count). The van der Waals surface area contributed by atoms with Crippen LogP contribution >= 0.6 is 28.1 Å². The minimum atomic E-state index is -0.766. The molecule has 0 aromatic heterocycles. The van der Waals surface area contributed by atoms with Crippen LogP contribution in [-0.2, 0) is 4.79 Å². The number of hydrogen-bond acceptors (Lipinski definition) is 5. The Morgan fingerprint density at radius 2 is 1.68 bits per heavy atom. The van der Waals surface area contributed by atoms with Crippen LogP contribution in [-0.4, -0.2) is 29.1 Å².